The Morgan fingerprint density at radius 1 is 1.03 bits per heavy atom. The van der Waals surface area contributed by atoms with E-state index in [0.29, 0.717) is 18.7 Å². The van der Waals surface area contributed by atoms with Gasteiger partial charge in [-0.05, 0) is 56.0 Å². The molecule has 7 heteroatoms. The summed E-state index contributed by atoms with van der Waals surface area (Å²) in [4.78, 5) is 30.0. The minimum atomic E-state index is -0.534. The van der Waals surface area contributed by atoms with Crippen LogP contribution in [0.25, 0.3) is 0 Å². The molecule has 2 heterocycles. The number of rotatable bonds is 4. The molecule has 2 N–H and O–H groups in total. The lowest BCUT2D eigenvalue weighted by molar-refractivity contribution is 0.101. The molecule has 3 aromatic rings. The van der Waals surface area contributed by atoms with Crippen LogP contribution >= 0.6 is 0 Å². The summed E-state index contributed by atoms with van der Waals surface area (Å²) in [5, 5.41) is 5.41. The largest absolute Gasteiger partial charge is 0.323 e. The summed E-state index contributed by atoms with van der Waals surface area (Å²) in [6.45, 7) is 2.54. The normalized spacial score (nSPS) is 12.9. The first-order valence-corrected chi connectivity index (χ1v) is 9.56. The standard InChI is InChI=1S/C22H21FN4O2/c1-14-7-6-8-15(13-14)24-21(28)19-18-11-4-5-12-27(18)20(26-19)22(29)25-17-10-3-2-9-16(17)23/h2-3,6-10,13H,4-5,11-12H2,1H3,(H,24,28)(H,25,29). The topological polar surface area (TPSA) is 76.0 Å². The van der Waals surface area contributed by atoms with Gasteiger partial charge in [-0.1, -0.05) is 24.3 Å². The average Bonchev–Trinajstić information content (AvgIpc) is 3.10. The molecule has 1 aliphatic rings. The Morgan fingerprint density at radius 3 is 2.66 bits per heavy atom. The summed E-state index contributed by atoms with van der Waals surface area (Å²) in [6.07, 6.45) is 2.48. The molecule has 148 valence electrons. The van der Waals surface area contributed by atoms with Gasteiger partial charge in [0.25, 0.3) is 11.8 Å². The third kappa shape index (κ3) is 3.89. The van der Waals surface area contributed by atoms with E-state index < -0.39 is 11.7 Å². The van der Waals surface area contributed by atoms with Crippen LogP contribution in [0.1, 0.15) is 45.2 Å². The number of para-hydroxylation sites is 1. The minimum Gasteiger partial charge on any atom is -0.323 e. The van der Waals surface area contributed by atoms with E-state index in [9.17, 15) is 14.0 Å². The highest BCUT2D eigenvalue weighted by Gasteiger charge is 2.28. The number of hydrogen-bond donors (Lipinski definition) is 2. The number of anilines is 2. The maximum atomic E-state index is 13.9. The maximum Gasteiger partial charge on any atom is 0.291 e. The summed E-state index contributed by atoms with van der Waals surface area (Å²) < 4.78 is 15.7. The van der Waals surface area contributed by atoms with Crippen LogP contribution in [0.3, 0.4) is 0 Å². The summed E-state index contributed by atoms with van der Waals surface area (Å²) in [5.41, 5.74) is 2.76. The van der Waals surface area contributed by atoms with E-state index in [-0.39, 0.29) is 23.1 Å². The Kier molecular flexibility index (Phi) is 5.12. The summed E-state index contributed by atoms with van der Waals surface area (Å²) >= 11 is 0. The van der Waals surface area contributed by atoms with E-state index in [2.05, 4.69) is 15.6 Å². The van der Waals surface area contributed by atoms with Gasteiger partial charge in [0.1, 0.15) is 5.82 Å². The first-order valence-electron chi connectivity index (χ1n) is 9.56. The number of aryl methyl sites for hydroxylation is 1. The van der Waals surface area contributed by atoms with Crippen LogP contribution in [-0.4, -0.2) is 21.4 Å². The second-order valence-corrected chi connectivity index (χ2v) is 7.10. The van der Waals surface area contributed by atoms with Gasteiger partial charge in [-0.15, -0.1) is 0 Å². The number of halogens is 1. The van der Waals surface area contributed by atoms with Crippen molar-refractivity contribution in [2.24, 2.45) is 0 Å². The first kappa shape index (κ1) is 18.9. The van der Waals surface area contributed by atoms with Gasteiger partial charge >= 0.3 is 0 Å². The fourth-order valence-electron chi connectivity index (χ4n) is 3.55. The molecule has 0 atom stereocenters. The average molecular weight is 392 g/mol. The van der Waals surface area contributed by atoms with Gasteiger partial charge in [0, 0.05) is 12.2 Å². The molecule has 0 fully saturated rings. The molecule has 0 aliphatic carbocycles. The van der Waals surface area contributed by atoms with Gasteiger partial charge in [-0.2, -0.15) is 0 Å². The highest BCUT2D eigenvalue weighted by molar-refractivity contribution is 6.07. The van der Waals surface area contributed by atoms with Crippen LogP contribution in [0, 0.1) is 12.7 Å². The van der Waals surface area contributed by atoms with E-state index in [1.807, 2.05) is 25.1 Å². The van der Waals surface area contributed by atoms with E-state index in [0.717, 1.165) is 24.1 Å². The lowest BCUT2D eigenvalue weighted by Gasteiger charge is -2.17. The second kappa shape index (κ2) is 7.87. The second-order valence-electron chi connectivity index (χ2n) is 7.10. The molecule has 0 spiro atoms. The summed E-state index contributed by atoms with van der Waals surface area (Å²) in [6, 6.07) is 13.4. The lowest BCUT2D eigenvalue weighted by Crippen LogP contribution is -2.21. The van der Waals surface area contributed by atoms with Crippen LogP contribution < -0.4 is 10.6 Å². The Labute approximate surface area is 167 Å². The Morgan fingerprint density at radius 2 is 1.86 bits per heavy atom. The monoisotopic (exact) mass is 392 g/mol. The fourth-order valence-corrected chi connectivity index (χ4v) is 3.55. The van der Waals surface area contributed by atoms with E-state index in [4.69, 9.17) is 0 Å². The van der Waals surface area contributed by atoms with Crippen LogP contribution in [0.5, 0.6) is 0 Å². The van der Waals surface area contributed by atoms with E-state index in [1.54, 1.807) is 22.8 Å². The van der Waals surface area contributed by atoms with Gasteiger partial charge in [0.15, 0.2) is 11.5 Å². The molecule has 0 saturated carbocycles. The van der Waals surface area contributed by atoms with Crippen molar-refractivity contribution in [3.8, 4) is 0 Å². The number of hydrogen-bond acceptors (Lipinski definition) is 3. The molecule has 0 bridgehead atoms. The molecule has 29 heavy (non-hydrogen) atoms. The number of benzene rings is 2. The lowest BCUT2D eigenvalue weighted by atomic mass is 10.1. The van der Waals surface area contributed by atoms with Crippen molar-refractivity contribution >= 4 is 23.2 Å². The highest BCUT2D eigenvalue weighted by Crippen LogP contribution is 2.23. The zero-order chi connectivity index (χ0) is 20.4. The quantitative estimate of drug-likeness (QED) is 0.700. The predicted molar refractivity (Wildman–Crippen MR) is 109 cm³/mol. The SMILES string of the molecule is Cc1cccc(NC(=O)c2nc(C(=O)Nc3ccccc3F)n3c2CCCC3)c1. The molecule has 0 radical (unpaired) electrons. The van der Waals surface area contributed by atoms with Gasteiger partial charge in [-0.25, -0.2) is 9.37 Å². The van der Waals surface area contributed by atoms with Crippen molar-refractivity contribution in [2.45, 2.75) is 32.7 Å². The van der Waals surface area contributed by atoms with Gasteiger partial charge < -0.3 is 15.2 Å². The summed E-state index contributed by atoms with van der Waals surface area (Å²) in [5.74, 6) is -1.29. The smallest absolute Gasteiger partial charge is 0.291 e. The molecule has 1 aromatic heterocycles. The minimum absolute atomic E-state index is 0.0800. The van der Waals surface area contributed by atoms with E-state index >= 15 is 0 Å². The Bertz CT molecular complexity index is 1090. The first-order chi connectivity index (χ1) is 14.0. The molecule has 4 rings (SSSR count). The molecular formula is C22H21FN4O2. The number of nitrogens with one attached hydrogen (secondary N) is 2. The molecule has 0 saturated heterocycles. The molecular weight excluding hydrogens is 371 g/mol. The third-order valence-corrected chi connectivity index (χ3v) is 4.93. The number of nitrogens with zero attached hydrogens (tertiary/aromatic N) is 2. The van der Waals surface area contributed by atoms with Crippen molar-refractivity contribution in [3.63, 3.8) is 0 Å². The molecule has 1 aliphatic heterocycles. The maximum absolute atomic E-state index is 13.9. The summed E-state index contributed by atoms with van der Waals surface area (Å²) in [7, 11) is 0. The molecule has 2 aromatic carbocycles. The number of carbonyl (C=O) groups is 2. The fraction of sp³-hybridized carbons (Fsp3) is 0.227. The number of imidazole rings is 1. The van der Waals surface area contributed by atoms with Crippen molar-refractivity contribution in [1.82, 2.24) is 9.55 Å². The van der Waals surface area contributed by atoms with Crippen LogP contribution in [0.4, 0.5) is 15.8 Å². The number of amides is 2. The van der Waals surface area contributed by atoms with Crippen molar-refractivity contribution in [2.75, 3.05) is 10.6 Å². The highest BCUT2D eigenvalue weighted by atomic mass is 19.1. The van der Waals surface area contributed by atoms with Crippen LogP contribution in [0.2, 0.25) is 0 Å². The van der Waals surface area contributed by atoms with Crippen molar-refractivity contribution in [3.05, 3.63) is 77.1 Å². The number of fused-ring (bicyclic) bond motifs is 1. The van der Waals surface area contributed by atoms with Crippen molar-refractivity contribution in [1.29, 1.82) is 0 Å². The van der Waals surface area contributed by atoms with Gasteiger partial charge in [-0.3, -0.25) is 9.59 Å². The zero-order valence-corrected chi connectivity index (χ0v) is 16.0. The Hall–Kier alpha value is -3.48. The van der Waals surface area contributed by atoms with Crippen LogP contribution in [0.15, 0.2) is 48.5 Å². The molecule has 2 amide bonds. The van der Waals surface area contributed by atoms with E-state index in [1.165, 1.54) is 12.1 Å². The van der Waals surface area contributed by atoms with Crippen LogP contribution in [-0.2, 0) is 13.0 Å². The predicted octanol–water partition coefficient (Wildman–Crippen LogP) is 4.17. The third-order valence-electron chi connectivity index (χ3n) is 4.93. The molecule has 0 unspecified atom stereocenters. The number of aromatic nitrogens is 2. The van der Waals surface area contributed by atoms with Gasteiger partial charge in [0.2, 0.25) is 0 Å². The molecule has 6 nitrogen and oxygen atoms in total. The Balaban J connectivity index is 1.64. The van der Waals surface area contributed by atoms with Gasteiger partial charge in [0.05, 0.1) is 11.4 Å². The number of carbonyl (C=O) groups excluding carboxylic acids is 2. The van der Waals surface area contributed by atoms with Crippen molar-refractivity contribution < 1.29 is 14.0 Å². The zero-order valence-electron chi connectivity index (χ0n) is 16.0.